The standard InChI is InChI=1S/C26H23N5O3/c1-15(32)28-21-10-6-5-9-19(21)25(33)30-24-26(34)31-12-11-17-13-18(27)14-20(23(17)31)22(29-24)16-7-3-2-4-8-16/h2-10,13-14,24H,11-12,27H2,1H3,(H,28,32)(H,30,33)/t24-/m0/s1. The quantitative estimate of drug-likeness (QED) is 0.527. The predicted octanol–water partition coefficient (Wildman–Crippen LogP) is 2.72. The lowest BCUT2D eigenvalue weighted by Gasteiger charge is -2.21. The molecule has 0 fully saturated rings. The first-order valence-electron chi connectivity index (χ1n) is 11.0. The van der Waals surface area contributed by atoms with Crippen LogP contribution in [0.25, 0.3) is 0 Å². The molecule has 4 N–H and O–H groups in total. The molecule has 8 heteroatoms. The Labute approximate surface area is 196 Å². The summed E-state index contributed by atoms with van der Waals surface area (Å²) in [5.41, 5.74) is 11.3. The second kappa shape index (κ2) is 8.47. The summed E-state index contributed by atoms with van der Waals surface area (Å²) in [6, 6.07) is 19.9. The van der Waals surface area contributed by atoms with Crippen LogP contribution in [0.3, 0.4) is 0 Å². The van der Waals surface area contributed by atoms with Crippen molar-refractivity contribution in [1.82, 2.24) is 5.32 Å². The average Bonchev–Trinajstić information content (AvgIpc) is 3.20. The van der Waals surface area contributed by atoms with E-state index in [1.54, 1.807) is 29.2 Å². The minimum absolute atomic E-state index is 0.245. The summed E-state index contributed by atoms with van der Waals surface area (Å²) in [6.45, 7) is 1.85. The Morgan fingerprint density at radius 3 is 2.56 bits per heavy atom. The van der Waals surface area contributed by atoms with Crippen molar-refractivity contribution in [3.05, 3.63) is 89.0 Å². The van der Waals surface area contributed by atoms with Gasteiger partial charge in [-0.3, -0.25) is 14.4 Å². The number of hydrogen-bond donors (Lipinski definition) is 3. The van der Waals surface area contributed by atoms with E-state index < -0.39 is 12.1 Å². The van der Waals surface area contributed by atoms with Crippen LogP contribution in [0.5, 0.6) is 0 Å². The molecule has 0 bridgehead atoms. The van der Waals surface area contributed by atoms with Crippen LogP contribution in [0, 0.1) is 0 Å². The molecule has 2 aliphatic rings. The molecule has 3 aromatic carbocycles. The molecule has 0 aromatic heterocycles. The monoisotopic (exact) mass is 453 g/mol. The Balaban J connectivity index is 1.59. The van der Waals surface area contributed by atoms with Gasteiger partial charge in [-0.2, -0.15) is 0 Å². The number of para-hydroxylation sites is 1. The van der Waals surface area contributed by atoms with Gasteiger partial charge in [-0.05, 0) is 36.2 Å². The minimum Gasteiger partial charge on any atom is -0.399 e. The number of nitrogen functional groups attached to an aromatic ring is 1. The molecule has 5 rings (SSSR count). The summed E-state index contributed by atoms with van der Waals surface area (Å²) >= 11 is 0. The second-order valence-corrected chi connectivity index (χ2v) is 8.26. The fourth-order valence-corrected chi connectivity index (χ4v) is 4.48. The molecular formula is C26H23N5O3. The van der Waals surface area contributed by atoms with Crippen LogP contribution < -0.4 is 21.3 Å². The van der Waals surface area contributed by atoms with E-state index >= 15 is 0 Å². The van der Waals surface area contributed by atoms with Crippen molar-refractivity contribution < 1.29 is 14.4 Å². The number of nitrogens with two attached hydrogens (primary N) is 1. The maximum Gasteiger partial charge on any atom is 0.272 e. The molecule has 2 aliphatic heterocycles. The zero-order valence-corrected chi connectivity index (χ0v) is 18.5. The van der Waals surface area contributed by atoms with Crippen LogP contribution in [-0.4, -0.2) is 36.1 Å². The van der Waals surface area contributed by atoms with E-state index in [9.17, 15) is 14.4 Å². The van der Waals surface area contributed by atoms with Crippen molar-refractivity contribution in [3.8, 4) is 0 Å². The van der Waals surface area contributed by atoms with E-state index in [2.05, 4.69) is 10.6 Å². The third-order valence-corrected chi connectivity index (χ3v) is 5.90. The fourth-order valence-electron chi connectivity index (χ4n) is 4.48. The highest BCUT2D eigenvalue weighted by Gasteiger charge is 2.37. The van der Waals surface area contributed by atoms with Crippen molar-refractivity contribution in [2.75, 3.05) is 22.5 Å². The number of nitrogens with one attached hydrogen (secondary N) is 2. The highest BCUT2D eigenvalue weighted by Crippen LogP contribution is 2.38. The van der Waals surface area contributed by atoms with Crippen molar-refractivity contribution in [2.45, 2.75) is 19.5 Å². The number of benzene rings is 3. The van der Waals surface area contributed by atoms with Gasteiger partial charge in [0.15, 0.2) is 0 Å². The van der Waals surface area contributed by atoms with Crippen molar-refractivity contribution in [3.63, 3.8) is 0 Å². The number of hydrogen-bond acceptors (Lipinski definition) is 5. The fraction of sp³-hybridized carbons (Fsp3) is 0.154. The van der Waals surface area contributed by atoms with Gasteiger partial charge in [0.25, 0.3) is 11.8 Å². The molecule has 170 valence electrons. The molecule has 2 heterocycles. The summed E-state index contributed by atoms with van der Waals surface area (Å²) in [7, 11) is 0. The van der Waals surface area contributed by atoms with Crippen molar-refractivity contribution in [2.24, 2.45) is 4.99 Å². The number of carbonyl (C=O) groups is 3. The zero-order valence-electron chi connectivity index (χ0n) is 18.5. The van der Waals surface area contributed by atoms with Gasteiger partial charge in [0, 0.05) is 30.3 Å². The van der Waals surface area contributed by atoms with Crippen LogP contribution in [0.2, 0.25) is 0 Å². The molecule has 3 amide bonds. The number of aliphatic imine (C=N–C) groups is 1. The van der Waals surface area contributed by atoms with Gasteiger partial charge in [0.2, 0.25) is 12.1 Å². The Morgan fingerprint density at radius 2 is 1.79 bits per heavy atom. The number of carbonyl (C=O) groups excluding carboxylic acids is 3. The predicted molar refractivity (Wildman–Crippen MR) is 131 cm³/mol. The Bertz CT molecular complexity index is 1350. The van der Waals surface area contributed by atoms with Gasteiger partial charge < -0.3 is 21.3 Å². The van der Waals surface area contributed by atoms with Crippen LogP contribution in [-0.2, 0) is 16.0 Å². The first-order chi connectivity index (χ1) is 16.4. The third kappa shape index (κ3) is 3.79. The van der Waals surface area contributed by atoms with Gasteiger partial charge >= 0.3 is 0 Å². The zero-order chi connectivity index (χ0) is 23.8. The first kappa shape index (κ1) is 21.4. The van der Waals surface area contributed by atoms with E-state index in [1.165, 1.54) is 6.92 Å². The molecule has 0 radical (unpaired) electrons. The second-order valence-electron chi connectivity index (χ2n) is 8.26. The molecule has 34 heavy (non-hydrogen) atoms. The Kier molecular flexibility index (Phi) is 5.33. The highest BCUT2D eigenvalue weighted by molar-refractivity contribution is 6.21. The molecule has 3 aromatic rings. The molecule has 0 saturated heterocycles. The van der Waals surface area contributed by atoms with Crippen LogP contribution in [0.15, 0.2) is 71.7 Å². The molecule has 1 atom stereocenters. The summed E-state index contributed by atoms with van der Waals surface area (Å²) in [6.07, 6.45) is -0.472. The van der Waals surface area contributed by atoms with E-state index in [0.717, 1.165) is 22.4 Å². The number of rotatable bonds is 4. The van der Waals surface area contributed by atoms with Gasteiger partial charge in [0.05, 0.1) is 22.6 Å². The molecular weight excluding hydrogens is 430 g/mol. The molecule has 8 nitrogen and oxygen atoms in total. The van der Waals surface area contributed by atoms with Gasteiger partial charge in [-0.15, -0.1) is 0 Å². The van der Waals surface area contributed by atoms with E-state index in [1.807, 2.05) is 42.5 Å². The normalized spacial score (nSPS) is 16.4. The Morgan fingerprint density at radius 1 is 1.06 bits per heavy atom. The van der Waals surface area contributed by atoms with Crippen molar-refractivity contribution >= 4 is 40.5 Å². The first-order valence-corrected chi connectivity index (χ1v) is 11.0. The lowest BCUT2D eigenvalue weighted by molar-refractivity contribution is -0.120. The maximum atomic E-state index is 13.6. The van der Waals surface area contributed by atoms with E-state index in [4.69, 9.17) is 10.7 Å². The molecule has 0 unspecified atom stereocenters. The minimum atomic E-state index is -1.15. The summed E-state index contributed by atoms with van der Waals surface area (Å²) in [5.74, 6) is -1.13. The van der Waals surface area contributed by atoms with E-state index in [-0.39, 0.29) is 17.4 Å². The third-order valence-electron chi connectivity index (χ3n) is 5.90. The van der Waals surface area contributed by atoms with Crippen molar-refractivity contribution in [1.29, 1.82) is 0 Å². The maximum absolute atomic E-state index is 13.6. The van der Waals surface area contributed by atoms with Gasteiger partial charge in [-0.1, -0.05) is 42.5 Å². The van der Waals surface area contributed by atoms with E-state index in [0.29, 0.717) is 30.1 Å². The summed E-state index contributed by atoms with van der Waals surface area (Å²) in [5, 5.41) is 5.43. The lowest BCUT2D eigenvalue weighted by Crippen LogP contribution is -2.47. The van der Waals surface area contributed by atoms with Crippen LogP contribution in [0.1, 0.15) is 34.0 Å². The Hall–Kier alpha value is -4.46. The smallest absolute Gasteiger partial charge is 0.272 e. The average molecular weight is 454 g/mol. The summed E-state index contributed by atoms with van der Waals surface area (Å²) in [4.78, 5) is 44.8. The molecule has 0 aliphatic carbocycles. The van der Waals surface area contributed by atoms with Gasteiger partial charge in [-0.25, -0.2) is 4.99 Å². The number of anilines is 3. The highest BCUT2D eigenvalue weighted by atomic mass is 16.2. The lowest BCUT2D eigenvalue weighted by atomic mass is 9.97. The van der Waals surface area contributed by atoms with Gasteiger partial charge in [0.1, 0.15) is 0 Å². The number of nitrogens with zero attached hydrogens (tertiary/aromatic N) is 2. The van der Waals surface area contributed by atoms with Crippen LogP contribution in [0.4, 0.5) is 17.1 Å². The molecule has 0 saturated carbocycles. The topological polar surface area (TPSA) is 117 Å². The largest absolute Gasteiger partial charge is 0.399 e. The number of amides is 3. The summed E-state index contributed by atoms with van der Waals surface area (Å²) < 4.78 is 0. The van der Waals surface area contributed by atoms with Crippen LogP contribution >= 0.6 is 0 Å². The molecule has 0 spiro atoms. The SMILES string of the molecule is CC(=O)Nc1ccccc1C(=O)N[C@@H]1N=C(c2ccccc2)c2cc(N)cc3c2N(CC3)C1=O.